The highest BCUT2D eigenvalue weighted by Gasteiger charge is 2.22. The summed E-state index contributed by atoms with van der Waals surface area (Å²) in [6, 6.07) is 3.87. The lowest BCUT2D eigenvalue weighted by molar-refractivity contribution is -0.119. The number of aromatic nitrogens is 1. The van der Waals surface area contributed by atoms with Gasteiger partial charge in [0.2, 0.25) is 5.91 Å². The van der Waals surface area contributed by atoms with Crippen LogP contribution < -0.4 is 15.5 Å². The van der Waals surface area contributed by atoms with Gasteiger partial charge >= 0.3 is 0 Å². The molecule has 0 bridgehead atoms. The second kappa shape index (κ2) is 6.52. The number of nitrogens with one attached hydrogen (secondary N) is 2. The second-order valence-corrected chi connectivity index (χ2v) is 4.76. The molecule has 1 unspecified atom stereocenters. The molecule has 1 atom stereocenters. The van der Waals surface area contributed by atoms with E-state index < -0.39 is 0 Å². The van der Waals surface area contributed by atoms with E-state index in [1.807, 2.05) is 12.1 Å². The van der Waals surface area contributed by atoms with Crippen molar-refractivity contribution < 1.29 is 4.79 Å². The first-order chi connectivity index (χ1) is 9.24. The van der Waals surface area contributed by atoms with Crippen LogP contribution in [-0.4, -0.2) is 37.1 Å². The van der Waals surface area contributed by atoms with Gasteiger partial charge in [-0.15, -0.1) is 0 Å². The summed E-state index contributed by atoms with van der Waals surface area (Å²) in [5.41, 5.74) is 0.771. The number of anilines is 2. The topological polar surface area (TPSA) is 57.3 Å². The van der Waals surface area contributed by atoms with Gasteiger partial charge < -0.3 is 15.5 Å². The zero-order chi connectivity index (χ0) is 13.7. The van der Waals surface area contributed by atoms with Crippen molar-refractivity contribution in [3.63, 3.8) is 0 Å². The highest BCUT2D eigenvalue weighted by molar-refractivity contribution is 5.92. The number of carbonyl (C=O) groups excluding carboxylic acids is 1. The van der Waals surface area contributed by atoms with E-state index in [4.69, 9.17) is 0 Å². The Hall–Kier alpha value is -1.62. The molecule has 5 heteroatoms. The summed E-state index contributed by atoms with van der Waals surface area (Å²) in [7, 11) is 0. The van der Waals surface area contributed by atoms with Crippen LogP contribution >= 0.6 is 0 Å². The molecular formula is C14H22N4O. The van der Waals surface area contributed by atoms with E-state index in [1.54, 1.807) is 6.20 Å². The monoisotopic (exact) mass is 262 g/mol. The molecule has 1 aromatic rings. The minimum atomic E-state index is 0.0855. The normalized spacial score (nSPS) is 18.3. The molecule has 0 aliphatic carbocycles. The van der Waals surface area contributed by atoms with E-state index in [0.29, 0.717) is 0 Å². The molecule has 1 aliphatic heterocycles. The number of carbonyl (C=O) groups is 1. The lowest BCUT2D eigenvalue weighted by Crippen LogP contribution is -2.25. The quantitative estimate of drug-likeness (QED) is 0.844. The van der Waals surface area contributed by atoms with Gasteiger partial charge in [0, 0.05) is 19.6 Å². The first-order valence-corrected chi connectivity index (χ1v) is 6.97. The predicted molar refractivity (Wildman–Crippen MR) is 77.4 cm³/mol. The fraction of sp³-hybridized carbons (Fsp3) is 0.571. The molecule has 0 spiro atoms. The molecule has 0 saturated carbocycles. The molecule has 0 radical (unpaired) electrons. The van der Waals surface area contributed by atoms with Crippen LogP contribution in [-0.2, 0) is 4.79 Å². The van der Waals surface area contributed by atoms with E-state index in [2.05, 4.69) is 34.4 Å². The van der Waals surface area contributed by atoms with Gasteiger partial charge in [0.25, 0.3) is 0 Å². The second-order valence-electron chi connectivity index (χ2n) is 4.76. The van der Waals surface area contributed by atoms with Crippen LogP contribution in [0.5, 0.6) is 0 Å². The van der Waals surface area contributed by atoms with Gasteiger partial charge in [-0.3, -0.25) is 4.79 Å². The maximum atomic E-state index is 12.0. The zero-order valence-corrected chi connectivity index (χ0v) is 11.6. The number of nitrogens with zero attached hydrogens (tertiary/aromatic N) is 2. The zero-order valence-electron chi connectivity index (χ0n) is 11.6. The Morgan fingerprint density at radius 2 is 2.26 bits per heavy atom. The van der Waals surface area contributed by atoms with E-state index in [0.717, 1.165) is 44.1 Å². The van der Waals surface area contributed by atoms with Crippen LogP contribution in [0.3, 0.4) is 0 Å². The van der Waals surface area contributed by atoms with Crippen LogP contribution in [0.1, 0.15) is 20.3 Å². The Kier molecular flexibility index (Phi) is 4.74. The highest BCUT2D eigenvalue weighted by atomic mass is 16.1. The van der Waals surface area contributed by atoms with Crippen molar-refractivity contribution in [2.75, 3.05) is 36.4 Å². The molecule has 0 aromatic carbocycles. The van der Waals surface area contributed by atoms with Crippen molar-refractivity contribution in [2.45, 2.75) is 20.3 Å². The van der Waals surface area contributed by atoms with Crippen LogP contribution in [0, 0.1) is 5.92 Å². The van der Waals surface area contributed by atoms with Crippen molar-refractivity contribution in [2.24, 2.45) is 5.92 Å². The summed E-state index contributed by atoms with van der Waals surface area (Å²) in [6.07, 6.45) is 2.64. The average molecular weight is 262 g/mol. The van der Waals surface area contributed by atoms with Crippen molar-refractivity contribution in [3.8, 4) is 0 Å². The Bertz CT molecular complexity index is 408. The molecule has 104 valence electrons. The molecule has 1 aliphatic rings. The van der Waals surface area contributed by atoms with Gasteiger partial charge in [0.15, 0.2) is 0 Å². The number of amides is 1. The molecule has 2 N–H and O–H groups in total. The number of hydrogen-bond acceptors (Lipinski definition) is 4. The predicted octanol–water partition coefficient (Wildman–Crippen LogP) is 1.48. The summed E-state index contributed by atoms with van der Waals surface area (Å²) in [5.74, 6) is 1.12. The molecule has 19 heavy (non-hydrogen) atoms. The van der Waals surface area contributed by atoms with Crippen molar-refractivity contribution in [1.82, 2.24) is 10.3 Å². The first-order valence-electron chi connectivity index (χ1n) is 6.97. The van der Waals surface area contributed by atoms with Gasteiger partial charge in [-0.05, 0) is 38.9 Å². The van der Waals surface area contributed by atoms with E-state index in [-0.39, 0.29) is 11.8 Å². The molecule has 5 nitrogen and oxygen atoms in total. The molecular weight excluding hydrogens is 240 g/mol. The lowest BCUT2D eigenvalue weighted by Gasteiger charge is -2.19. The molecule has 1 amide bonds. The smallest absolute Gasteiger partial charge is 0.228 e. The van der Waals surface area contributed by atoms with Gasteiger partial charge in [-0.1, -0.05) is 0 Å². The van der Waals surface area contributed by atoms with Crippen LogP contribution in [0.4, 0.5) is 11.5 Å². The standard InChI is InChI=1S/C14H22N4O/c1-3-18(4-2)13-6-5-12(10-16-13)17-14(19)11-7-8-15-9-11/h5-6,10-11,15H,3-4,7-9H2,1-2H3,(H,17,19). The van der Waals surface area contributed by atoms with E-state index >= 15 is 0 Å². The average Bonchev–Trinajstić information content (AvgIpc) is 2.96. The number of hydrogen-bond donors (Lipinski definition) is 2. The Balaban J connectivity index is 1.96. The Morgan fingerprint density at radius 3 is 2.79 bits per heavy atom. The van der Waals surface area contributed by atoms with E-state index in [9.17, 15) is 4.79 Å². The third kappa shape index (κ3) is 3.44. The molecule has 1 fully saturated rings. The van der Waals surface area contributed by atoms with Gasteiger partial charge in [0.1, 0.15) is 5.82 Å². The molecule has 1 saturated heterocycles. The lowest BCUT2D eigenvalue weighted by atomic mass is 10.1. The van der Waals surface area contributed by atoms with Crippen molar-refractivity contribution in [3.05, 3.63) is 18.3 Å². The van der Waals surface area contributed by atoms with Gasteiger partial charge in [-0.2, -0.15) is 0 Å². The maximum absolute atomic E-state index is 12.0. The third-order valence-corrected chi connectivity index (χ3v) is 3.53. The SMILES string of the molecule is CCN(CC)c1ccc(NC(=O)C2CCNC2)cn1. The van der Waals surface area contributed by atoms with E-state index in [1.165, 1.54) is 0 Å². The minimum Gasteiger partial charge on any atom is -0.357 e. The molecule has 2 heterocycles. The summed E-state index contributed by atoms with van der Waals surface area (Å²) in [6.45, 7) is 7.78. The van der Waals surface area contributed by atoms with Gasteiger partial charge in [-0.25, -0.2) is 4.98 Å². The third-order valence-electron chi connectivity index (χ3n) is 3.53. The summed E-state index contributed by atoms with van der Waals surface area (Å²) in [4.78, 5) is 18.5. The van der Waals surface area contributed by atoms with Crippen molar-refractivity contribution in [1.29, 1.82) is 0 Å². The molecule has 2 rings (SSSR count). The Labute approximate surface area is 114 Å². The largest absolute Gasteiger partial charge is 0.357 e. The summed E-state index contributed by atoms with van der Waals surface area (Å²) >= 11 is 0. The van der Waals surface area contributed by atoms with Crippen LogP contribution in [0.2, 0.25) is 0 Å². The highest BCUT2D eigenvalue weighted by Crippen LogP contribution is 2.16. The fourth-order valence-corrected chi connectivity index (χ4v) is 2.32. The number of pyridine rings is 1. The fourth-order valence-electron chi connectivity index (χ4n) is 2.32. The minimum absolute atomic E-state index is 0.0855. The van der Waals surface area contributed by atoms with Gasteiger partial charge in [0.05, 0.1) is 17.8 Å². The maximum Gasteiger partial charge on any atom is 0.228 e. The summed E-state index contributed by atoms with van der Waals surface area (Å²) in [5, 5.41) is 6.12. The summed E-state index contributed by atoms with van der Waals surface area (Å²) < 4.78 is 0. The first kappa shape index (κ1) is 13.8. The molecule has 1 aromatic heterocycles. The van der Waals surface area contributed by atoms with Crippen LogP contribution in [0.25, 0.3) is 0 Å². The van der Waals surface area contributed by atoms with Crippen LogP contribution in [0.15, 0.2) is 18.3 Å². The number of rotatable bonds is 5. The Morgan fingerprint density at radius 1 is 1.47 bits per heavy atom. The van der Waals surface area contributed by atoms with Crippen molar-refractivity contribution >= 4 is 17.4 Å².